The molecular weight excluding hydrogens is 353 g/mol. The Bertz CT molecular complexity index is 789. The highest BCUT2D eigenvalue weighted by molar-refractivity contribution is 6.18. The fourth-order valence-electron chi connectivity index (χ4n) is 3.13. The van der Waals surface area contributed by atoms with Gasteiger partial charge in [0.1, 0.15) is 17.3 Å². The van der Waals surface area contributed by atoms with Crippen LogP contribution in [0.4, 0.5) is 10.1 Å². The van der Waals surface area contributed by atoms with E-state index in [1.54, 1.807) is 13.2 Å². The van der Waals surface area contributed by atoms with Crippen molar-refractivity contribution in [2.45, 2.75) is 13.3 Å². The van der Waals surface area contributed by atoms with Crippen LogP contribution in [0.1, 0.15) is 24.5 Å². The molecule has 1 aliphatic rings. The van der Waals surface area contributed by atoms with E-state index in [4.69, 9.17) is 21.1 Å². The normalized spacial score (nSPS) is 13.2. The van der Waals surface area contributed by atoms with Gasteiger partial charge >= 0.3 is 0 Å². The van der Waals surface area contributed by atoms with Crippen LogP contribution in [-0.4, -0.2) is 32.7 Å². The Labute approximate surface area is 159 Å². The van der Waals surface area contributed by atoms with Crippen molar-refractivity contribution >= 4 is 28.9 Å². The van der Waals surface area contributed by atoms with Gasteiger partial charge in [-0.05, 0) is 47.9 Å². The first-order chi connectivity index (χ1) is 12.7. The molecule has 0 unspecified atom stereocenters. The summed E-state index contributed by atoms with van der Waals surface area (Å²) in [6.45, 7) is 3.92. The van der Waals surface area contributed by atoms with Crippen LogP contribution < -0.4 is 14.4 Å². The van der Waals surface area contributed by atoms with Gasteiger partial charge in [0.25, 0.3) is 0 Å². The summed E-state index contributed by atoms with van der Waals surface area (Å²) in [5.41, 5.74) is 3.42. The summed E-state index contributed by atoms with van der Waals surface area (Å²) < 4.78 is 25.7. The van der Waals surface area contributed by atoms with Gasteiger partial charge in [0.2, 0.25) is 0 Å². The number of nitrogens with zero attached hydrogens (tertiary/aromatic N) is 1. The number of ether oxygens (including phenoxy) is 2. The van der Waals surface area contributed by atoms with Crippen LogP contribution in [0.3, 0.4) is 0 Å². The maximum Gasteiger partial charge on any atom is 0.143 e. The second-order valence-electron chi connectivity index (χ2n) is 6.16. The van der Waals surface area contributed by atoms with E-state index in [2.05, 4.69) is 4.90 Å². The van der Waals surface area contributed by atoms with Crippen molar-refractivity contribution in [2.75, 3.05) is 37.6 Å². The van der Waals surface area contributed by atoms with Crippen molar-refractivity contribution in [3.8, 4) is 11.5 Å². The maximum absolute atomic E-state index is 14.6. The monoisotopic (exact) mass is 375 g/mol. The fourth-order valence-corrected chi connectivity index (χ4v) is 3.34. The zero-order chi connectivity index (χ0) is 18.5. The summed E-state index contributed by atoms with van der Waals surface area (Å²) >= 11 is 6.02. The minimum Gasteiger partial charge on any atom is -0.497 e. The lowest BCUT2D eigenvalue weighted by molar-refractivity contribution is 0.317. The van der Waals surface area contributed by atoms with Crippen LogP contribution in [0.2, 0.25) is 0 Å². The first-order valence-electron chi connectivity index (χ1n) is 8.79. The molecule has 0 atom stereocenters. The van der Waals surface area contributed by atoms with E-state index in [1.807, 2.05) is 37.3 Å². The molecule has 0 radical (unpaired) electrons. The second kappa shape index (κ2) is 8.45. The van der Waals surface area contributed by atoms with Crippen molar-refractivity contribution in [1.29, 1.82) is 0 Å². The molecule has 5 heteroatoms. The smallest absolute Gasteiger partial charge is 0.143 e. The largest absolute Gasteiger partial charge is 0.497 e. The minimum absolute atomic E-state index is 0.255. The van der Waals surface area contributed by atoms with Gasteiger partial charge in [0, 0.05) is 24.5 Å². The first kappa shape index (κ1) is 18.6. The summed E-state index contributed by atoms with van der Waals surface area (Å²) in [5.74, 6) is 1.70. The van der Waals surface area contributed by atoms with Gasteiger partial charge in [-0.2, -0.15) is 0 Å². The molecule has 0 aromatic heterocycles. The Morgan fingerprint density at radius 2 is 1.92 bits per heavy atom. The van der Waals surface area contributed by atoms with Crippen molar-refractivity contribution in [3.63, 3.8) is 0 Å². The SMILES string of the molecule is CCCOc1ccc(F)c2c1N(CCCl)CC(c1ccc(OC)cc1)=C2. The average molecular weight is 376 g/mol. The van der Waals surface area contributed by atoms with Crippen LogP contribution >= 0.6 is 11.6 Å². The molecule has 0 amide bonds. The van der Waals surface area contributed by atoms with E-state index < -0.39 is 0 Å². The van der Waals surface area contributed by atoms with Gasteiger partial charge in [0.05, 0.1) is 19.4 Å². The fraction of sp³-hybridized carbons (Fsp3) is 0.333. The number of alkyl halides is 1. The van der Waals surface area contributed by atoms with Crippen LogP contribution in [0.15, 0.2) is 36.4 Å². The molecule has 26 heavy (non-hydrogen) atoms. The molecule has 0 saturated heterocycles. The highest BCUT2D eigenvalue weighted by Gasteiger charge is 2.25. The molecule has 0 N–H and O–H groups in total. The van der Waals surface area contributed by atoms with Crippen molar-refractivity contribution in [1.82, 2.24) is 0 Å². The van der Waals surface area contributed by atoms with Crippen LogP contribution in [-0.2, 0) is 0 Å². The molecular formula is C21H23ClFNO2. The summed E-state index contributed by atoms with van der Waals surface area (Å²) in [6.07, 6.45) is 2.81. The number of hydrogen-bond donors (Lipinski definition) is 0. The molecule has 0 bridgehead atoms. The van der Waals surface area contributed by atoms with E-state index in [-0.39, 0.29) is 5.82 Å². The molecule has 1 aliphatic heterocycles. The first-order valence-corrected chi connectivity index (χ1v) is 9.32. The summed E-state index contributed by atoms with van der Waals surface area (Å²) in [6, 6.07) is 11.0. The van der Waals surface area contributed by atoms with Gasteiger partial charge in [-0.15, -0.1) is 11.6 Å². The highest BCUT2D eigenvalue weighted by atomic mass is 35.5. The Morgan fingerprint density at radius 1 is 1.15 bits per heavy atom. The number of benzene rings is 2. The van der Waals surface area contributed by atoms with E-state index in [1.165, 1.54) is 6.07 Å². The summed E-state index contributed by atoms with van der Waals surface area (Å²) in [5, 5.41) is 0. The lowest BCUT2D eigenvalue weighted by Gasteiger charge is -2.33. The lowest BCUT2D eigenvalue weighted by Crippen LogP contribution is -2.31. The summed E-state index contributed by atoms with van der Waals surface area (Å²) in [4.78, 5) is 2.09. The average Bonchev–Trinajstić information content (AvgIpc) is 2.68. The molecule has 2 aromatic carbocycles. The molecule has 3 nitrogen and oxygen atoms in total. The zero-order valence-electron chi connectivity index (χ0n) is 15.1. The molecule has 0 spiro atoms. The van der Waals surface area contributed by atoms with Crippen molar-refractivity contribution in [2.24, 2.45) is 0 Å². The van der Waals surface area contributed by atoms with Gasteiger partial charge in [0.15, 0.2) is 0 Å². The number of halogens is 2. The number of methoxy groups -OCH3 is 1. The van der Waals surface area contributed by atoms with Crippen LogP contribution in [0.25, 0.3) is 11.6 Å². The molecule has 2 aromatic rings. The molecule has 0 aliphatic carbocycles. The third-order valence-electron chi connectivity index (χ3n) is 4.40. The van der Waals surface area contributed by atoms with Gasteiger partial charge in [-0.25, -0.2) is 4.39 Å². The lowest BCUT2D eigenvalue weighted by atomic mass is 9.96. The van der Waals surface area contributed by atoms with E-state index in [9.17, 15) is 4.39 Å². The van der Waals surface area contributed by atoms with Crippen LogP contribution in [0, 0.1) is 5.82 Å². The zero-order valence-corrected chi connectivity index (χ0v) is 15.9. The Balaban J connectivity index is 2.05. The quantitative estimate of drug-likeness (QED) is 0.619. The highest BCUT2D eigenvalue weighted by Crippen LogP contribution is 2.41. The maximum atomic E-state index is 14.6. The summed E-state index contributed by atoms with van der Waals surface area (Å²) in [7, 11) is 1.64. The topological polar surface area (TPSA) is 21.7 Å². The Kier molecular flexibility index (Phi) is 6.04. The molecule has 138 valence electrons. The van der Waals surface area contributed by atoms with Gasteiger partial charge in [-0.1, -0.05) is 19.1 Å². The van der Waals surface area contributed by atoms with Crippen LogP contribution in [0.5, 0.6) is 11.5 Å². The third kappa shape index (κ3) is 3.80. The molecule has 1 heterocycles. The van der Waals surface area contributed by atoms with Gasteiger partial charge in [-0.3, -0.25) is 0 Å². The van der Waals surface area contributed by atoms with E-state index >= 15 is 0 Å². The number of anilines is 1. The van der Waals surface area contributed by atoms with E-state index in [0.717, 1.165) is 29.0 Å². The standard InChI is InChI=1S/C21H23ClFNO2/c1-3-12-26-20-9-8-19(23)18-13-16(14-24(11-10-22)21(18)20)15-4-6-17(25-2)7-5-15/h4-9,13H,3,10-12,14H2,1-2H3. The Hall–Kier alpha value is -2.20. The number of rotatable bonds is 7. The number of hydrogen-bond acceptors (Lipinski definition) is 3. The Morgan fingerprint density at radius 3 is 2.58 bits per heavy atom. The van der Waals surface area contributed by atoms with Crippen molar-refractivity contribution in [3.05, 3.63) is 53.3 Å². The van der Waals surface area contributed by atoms with E-state index in [0.29, 0.717) is 36.9 Å². The molecule has 3 rings (SSSR count). The van der Waals surface area contributed by atoms with Gasteiger partial charge < -0.3 is 14.4 Å². The number of fused-ring (bicyclic) bond motifs is 1. The minimum atomic E-state index is -0.255. The third-order valence-corrected chi connectivity index (χ3v) is 4.57. The molecule has 0 fully saturated rings. The van der Waals surface area contributed by atoms with Crippen molar-refractivity contribution < 1.29 is 13.9 Å². The molecule has 0 saturated carbocycles. The predicted octanol–water partition coefficient (Wildman–Crippen LogP) is 5.22. The second-order valence-corrected chi connectivity index (χ2v) is 6.54. The predicted molar refractivity (Wildman–Crippen MR) is 106 cm³/mol.